The number of nitrogens with zero attached hydrogens (tertiary/aromatic N) is 2. The van der Waals surface area contributed by atoms with Crippen LogP contribution in [0.25, 0.3) is 11.0 Å². The molecule has 1 heterocycles. The SMILES string of the molecule is CC(N)C(=O)Nc1ccc2c(c1)nc(C(C)(C)C)n2C. The molecule has 0 aliphatic rings. The minimum absolute atomic E-state index is 0.0248. The van der Waals surface area contributed by atoms with Crippen LogP contribution >= 0.6 is 0 Å². The van der Waals surface area contributed by atoms with E-state index in [0.717, 1.165) is 22.5 Å². The van der Waals surface area contributed by atoms with Crippen LogP contribution in [0, 0.1) is 0 Å². The maximum absolute atomic E-state index is 11.6. The van der Waals surface area contributed by atoms with Gasteiger partial charge in [0.05, 0.1) is 17.1 Å². The Bertz CT molecular complexity index is 650. The number of aryl methyl sites for hydroxylation is 1. The standard InChI is InChI=1S/C15H22N4O/c1-9(16)13(20)17-10-6-7-12-11(8-10)18-14(19(12)5)15(2,3)4/h6-9H,16H2,1-5H3,(H,17,20). The number of hydrogen-bond donors (Lipinski definition) is 2. The van der Waals surface area contributed by atoms with Gasteiger partial charge in [0, 0.05) is 18.2 Å². The fourth-order valence-corrected chi connectivity index (χ4v) is 2.20. The minimum atomic E-state index is -0.528. The number of imidazole rings is 1. The van der Waals surface area contributed by atoms with E-state index in [2.05, 4.69) is 35.6 Å². The molecule has 1 atom stereocenters. The zero-order chi connectivity index (χ0) is 15.1. The van der Waals surface area contributed by atoms with E-state index < -0.39 is 6.04 Å². The number of nitrogens with two attached hydrogens (primary N) is 1. The largest absolute Gasteiger partial charge is 0.331 e. The van der Waals surface area contributed by atoms with Crippen molar-refractivity contribution in [2.24, 2.45) is 12.8 Å². The topological polar surface area (TPSA) is 72.9 Å². The van der Waals surface area contributed by atoms with Crippen LogP contribution in [0.3, 0.4) is 0 Å². The second-order valence-corrected chi connectivity index (χ2v) is 6.23. The van der Waals surface area contributed by atoms with Crippen LogP contribution in [0.2, 0.25) is 0 Å². The zero-order valence-corrected chi connectivity index (χ0v) is 12.7. The van der Waals surface area contributed by atoms with E-state index in [0.29, 0.717) is 0 Å². The van der Waals surface area contributed by atoms with Crippen molar-refractivity contribution in [1.82, 2.24) is 9.55 Å². The molecule has 5 nitrogen and oxygen atoms in total. The molecule has 0 aliphatic heterocycles. The number of anilines is 1. The van der Waals surface area contributed by atoms with Gasteiger partial charge in [-0.25, -0.2) is 4.98 Å². The molecule has 0 spiro atoms. The summed E-state index contributed by atoms with van der Waals surface area (Å²) >= 11 is 0. The summed E-state index contributed by atoms with van der Waals surface area (Å²) in [6.45, 7) is 8.05. The van der Waals surface area contributed by atoms with Crippen LogP contribution in [0.15, 0.2) is 18.2 Å². The summed E-state index contributed by atoms with van der Waals surface area (Å²) < 4.78 is 2.09. The molecule has 1 aromatic heterocycles. The van der Waals surface area contributed by atoms with Crippen molar-refractivity contribution in [2.75, 3.05) is 5.32 Å². The molecule has 20 heavy (non-hydrogen) atoms. The third kappa shape index (κ3) is 2.67. The summed E-state index contributed by atoms with van der Waals surface area (Å²) in [4.78, 5) is 16.3. The average molecular weight is 274 g/mol. The highest BCUT2D eigenvalue weighted by Gasteiger charge is 2.21. The van der Waals surface area contributed by atoms with Gasteiger partial charge in [-0.05, 0) is 25.1 Å². The van der Waals surface area contributed by atoms with Crippen molar-refractivity contribution in [3.05, 3.63) is 24.0 Å². The Hall–Kier alpha value is -1.88. The van der Waals surface area contributed by atoms with Crippen LogP contribution < -0.4 is 11.1 Å². The highest BCUT2D eigenvalue weighted by molar-refractivity contribution is 5.96. The molecule has 1 unspecified atom stereocenters. The van der Waals surface area contributed by atoms with Crippen LogP contribution in [-0.2, 0) is 17.3 Å². The van der Waals surface area contributed by atoms with E-state index in [-0.39, 0.29) is 11.3 Å². The average Bonchev–Trinajstić information content (AvgIpc) is 2.66. The number of nitrogens with one attached hydrogen (secondary N) is 1. The zero-order valence-electron chi connectivity index (χ0n) is 12.7. The number of amides is 1. The van der Waals surface area contributed by atoms with E-state index in [1.807, 2.05) is 25.2 Å². The summed E-state index contributed by atoms with van der Waals surface area (Å²) in [5, 5.41) is 2.79. The molecule has 5 heteroatoms. The summed E-state index contributed by atoms with van der Waals surface area (Å²) in [5.74, 6) is 0.819. The van der Waals surface area contributed by atoms with Crippen molar-refractivity contribution in [2.45, 2.75) is 39.2 Å². The van der Waals surface area contributed by atoms with E-state index in [4.69, 9.17) is 5.73 Å². The van der Waals surface area contributed by atoms with Crippen molar-refractivity contribution < 1.29 is 4.79 Å². The number of fused-ring (bicyclic) bond motifs is 1. The molecule has 0 fully saturated rings. The van der Waals surface area contributed by atoms with Gasteiger partial charge in [0.1, 0.15) is 5.82 Å². The van der Waals surface area contributed by atoms with Gasteiger partial charge in [-0.1, -0.05) is 20.8 Å². The number of carbonyl (C=O) groups excluding carboxylic acids is 1. The van der Waals surface area contributed by atoms with Gasteiger partial charge >= 0.3 is 0 Å². The van der Waals surface area contributed by atoms with Crippen LogP contribution in [0.1, 0.15) is 33.5 Å². The Morgan fingerprint density at radius 3 is 2.60 bits per heavy atom. The maximum atomic E-state index is 11.6. The molecule has 3 N–H and O–H groups in total. The third-order valence-corrected chi connectivity index (χ3v) is 3.23. The fourth-order valence-electron chi connectivity index (χ4n) is 2.20. The van der Waals surface area contributed by atoms with Gasteiger partial charge in [-0.3, -0.25) is 4.79 Å². The van der Waals surface area contributed by atoms with Gasteiger partial charge < -0.3 is 15.6 Å². The van der Waals surface area contributed by atoms with Gasteiger partial charge in [-0.2, -0.15) is 0 Å². The van der Waals surface area contributed by atoms with E-state index >= 15 is 0 Å². The summed E-state index contributed by atoms with van der Waals surface area (Å²) in [6.07, 6.45) is 0. The molecule has 2 rings (SSSR count). The minimum Gasteiger partial charge on any atom is -0.331 e. The van der Waals surface area contributed by atoms with Crippen molar-refractivity contribution in [1.29, 1.82) is 0 Å². The van der Waals surface area contributed by atoms with Crippen LogP contribution in [-0.4, -0.2) is 21.5 Å². The quantitative estimate of drug-likeness (QED) is 0.881. The number of rotatable bonds is 2. The predicted octanol–water partition coefficient (Wildman–Crippen LogP) is 2.16. The summed E-state index contributed by atoms with van der Waals surface area (Å²) in [6, 6.07) is 5.19. The second kappa shape index (κ2) is 4.90. The Balaban J connectivity index is 2.43. The number of hydrogen-bond acceptors (Lipinski definition) is 3. The summed E-state index contributed by atoms with van der Waals surface area (Å²) in [7, 11) is 2.01. The molecule has 2 aromatic rings. The summed E-state index contributed by atoms with van der Waals surface area (Å²) in [5.41, 5.74) is 8.17. The monoisotopic (exact) mass is 274 g/mol. The lowest BCUT2D eigenvalue weighted by molar-refractivity contribution is -0.117. The second-order valence-electron chi connectivity index (χ2n) is 6.23. The van der Waals surface area contributed by atoms with Gasteiger partial charge in [0.15, 0.2) is 0 Å². The predicted molar refractivity (Wildman–Crippen MR) is 81.7 cm³/mol. The number of aromatic nitrogens is 2. The molecule has 1 amide bonds. The first-order valence-electron chi connectivity index (χ1n) is 6.73. The van der Waals surface area contributed by atoms with E-state index in [9.17, 15) is 4.79 Å². The first kappa shape index (κ1) is 14.5. The highest BCUT2D eigenvalue weighted by Crippen LogP contribution is 2.26. The molecular formula is C15H22N4O. The Labute approximate surface area is 119 Å². The van der Waals surface area contributed by atoms with E-state index in [1.165, 1.54) is 0 Å². The number of carbonyl (C=O) groups is 1. The van der Waals surface area contributed by atoms with Crippen molar-refractivity contribution in [3.8, 4) is 0 Å². The number of benzene rings is 1. The molecule has 1 aromatic carbocycles. The molecule has 0 bridgehead atoms. The lowest BCUT2D eigenvalue weighted by atomic mass is 9.96. The molecule has 0 saturated carbocycles. The first-order chi connectivity index (χ1) is 9.20. The molecule has 108 valence electrons. The van der Waals surface area contributed by atoms with Crippen molar-refractivity contribution in [3.63, 3.8) is 0 Å². The Morgan fingerprint density at radius 1 is 1.40 bits per heavy atom. The molecular weight excluding hydrogens is 252 g/mol. The van der Waals surface area contributed by atoms with Gasteiger partial charge in [0.25, 0.3) is 0 Å². The van der Waals surface area contributed by atoms with Gasteiger partial charge in [-0.15, -0.1) is 0 Å². The highest BCUT2D eigenvalue weighted by atomic mass is 16.2. The Morgan fingerprint density at radius 2 is 2.05 bits per heavy atom. The van der Waals surface area contributed by atoms with Crippen LogP contribution in [0.4, 0.5) is 5.69 Å². The van der Waals surface area contributed by atoms with Gasteiger partial charge in [0.2, 0.25) is 5.91 Å². The molecule has 0 radical (unpaired) electrons. The normalized spacial score (nSPS) is 13.5. The lowest BCUT2D eigenvalue weighted by Gasteiger charge is -2.17. The fraction of sp³-hybridized carbons (Fsp3) is 0.467. The van der Waals surface area contributed by atoms with Crippen LogP contribution in [0.5, 0.6) is 0 Å². The van der Waals surface area contributed by atoms with Crippen molar-refractivity contribution >= 4 is 22.6 Å². The molecule has 0 aliphatic carbocycles. The molecule has 0 saturated heterocycles. The third-order valence-electron chi connectivity index (χ3n) is 3.23. The first-order valence-corrected chi connectivity index (χ1v) is 6.73. The maximum Gasteiger partial charge on any atom is 0.240 e. The Kier molecular flexibility index (Phi) is 3.56. The lowest BCUT2D eigenvalue weighted by Crippen LogP contribution is -2.32. The van der Waals surface area contributed by atoms with E-state index in [1.54, 1.807) is 6.92 Å². The smallest absolute Gasteiger partial charge is 0.240 e.